The largest absolute Gasteiger partial charge is 0.480 e. The van der Waals surface area contributed by atoms with E-state index < -0.39 is 5.97 Å². The van der Waals surface area contributed by atoms with E-state index in [0.29, 0.717) is 25.2 Å². The van der Waals surface area contributed by atoms with Gasteiger partial charge in [-0.25, -0.2) is 0 Å². The molecular weight excluding hydrogens is 220 g/mol. The highest BCUT2D eigenvalue weighted by Crippen LogP contribution is 2.17. The number of hydrogen-bond donors (Lipinski definition) is 1. The standard InChI is InChI=1S/C12H24N2O3/c1-10(2)13-5-4-11(8-13)14(6-7-17-3)9-12(15)16/h10-11H,4-9H2,1-3H3,(H,15,16). The molecule has 1 rings (SSSR count). The molecule has 1 aliphatic rings. The highest BCUT2D eigenvalue weighted by Gasteiger charge is 2.29. The van der Waals surface area contributed by atoms with Crippen LogP contribution in [0.3, 0.4) is 0 Å². The van der Waals surface area contributed by atoms with Crippen LogP contribution in [0.2, 0.25) is 0 Å². The van der Waals surface area contributed by atoms with E-state index in [0.717, 1.165) is 19.5 Å². The van der Waals surface area contributed by atoms with Gasteiger partial charge in [0.1, 0.15) is 0 Å². The molecule has 1 unspecified atom stereocenters. The summed E-state index contributed by atoms with van der Waals surface area (Å²) in [5, 5.41) is 8.92. The lowest BCUT2D eigenvalue weighted by atomic mass is 10.2. The zero-order chi connectivity index (χ0) is 12.8. The van der Waals surface area contributed by atoms with Gasteiger partial charge in [-0.2, -0.15) is 0 Å². The molecule has 1 N–H and O–H groups in total. The van der Waals surface area contributed by atoms with Gasteiger partial charge in [0.2, 0.25) is 0 Å². The molecule has 1 atom stereocenters. The van der Waals surface area contributed by atoms with Crippen LogP contribution < -0.4 is 0 Å². The minimum Gasteiger partial charge on any atom is -0.480 e. The Hall–Kier alpha value is -0.650. The summed E-state index contributed by atoms with van der Waals surface area (Å²) < 4.78 is 5.04. The van der Waals surface area contributed by atoms with Crippen molar-refractivity contribution in [1.29, 1.82) is 0 Å². The van der Waals surface area contributed by atoms with E-state index in [1.807, 2.05) is 4.90 Å². The van der Waals surface area contributed by atoms with Crippen LogP contribution in [0.15, 0.2) is 0 Å². The second kappa shape index (κ2) is 6.93. The van der Waals surface area contributed by atoms with Crippen molar-refractivity contribution in [3.05, 3.63) is 0 Å². The molecule has 0 saturated carbocycles. The smallest absolute Gasteiger partial charge is 0.317 e. The fourth-order valence-corrected chi connectivity index (χ4v) is 2.31. The second-order valence-electron chi connectivity index (χ2n) is 4.89. The third-order valence-electron chi connectivity index (χ3n) is 3.36. The highest BCUT2D eigenvalue weighted by atomic mass is 16.5. The number of carbonyl (C=O) groups is 1. The first-order valence-electron chi connectivity index (χ1n) is 6.23. The molecule has 0 radical (unpaired) electrons. The predicted molar refractivity (Wildman–Crippen MR) is 66.2 cm³/mol. The molecule has 5 heteroatoms. The van der Waals surface area contributed by atoms with Crippen molar-refractivity contribution in [3.8, 4) is 0 Å². The molecule has 17 heavy (non-hydrogen) atoms. The molecule has 0 spiro atoms. The van der Waals surface area contributed by atoms with Crippen LogP contribution >= 0.6 is 0 Å². The summed E-state index contributed by atoms with van der Waals surface area (Å²) in [7, 11) is 1.65. The average Bonchev–Trinajstić information content (AvgIpc) is 2.72. The molecule has 1 aliphatic heterocycles. The Labute approximate surface area is 103 Å². The summed E-state index contributed by atoms with van der Waals surface area (Å²) in [6, 6.07) is 0.887. The molecule has 100 valence electrons. The molecule has 1 saturated heterocycles. The first-order chi connectivity index (χ1) is 8.04. The minimum absolute atomic E-state index is 0.111. The second-order valence-corrected chi connectivity index (χ2v) is 4.89. The van der Waals surface area contributed by atoms with E-state index >= 15 is 0 Å². The van der Waals surface area contributed by atoms with Gasteiger partial charge in [0, 0.05) is 38.8 Å². The number of carboxylic acids is 1. The molecule has 0 amide bonds. The summed E-state index contributed by atoms with van der Waals surface area (Å²) in [4.78, 5) is 15.3. The Kier molecular flexibility index (Phi) is 5.88. The third kappa shape index (κ3) is 4.61. The van der Waals surface area contributed by atoms with Gasteiger partial charge in [0.15, 0.2) is 0 Å². The van der Waals surface area contributed by atoms with Crippen molar-refractivity contribution in [2.45, 2.75) is 32.4 Å². The predicted octanol–water partition coefficient (Wildman–Crippen LogP) is 0.502. The van der Waals surface area contributed by atoms with Crippen LogP contribution in [-0.2, 0) is 9.53 Å². The lowest BCUT2D eigenvalue weighted by molar-refractivity contribution is -0.139. The van der Waals surface area contributed by atoms with Gasteiger partial charge in [-0.05, 0) is 20.3 Å². The lowest BCUT2D eigenvalue weighted by Crippen LogP contribution is -2.43. The zero-order valence-corrected chi connectivity index (χ0v) is 11.1. The van der Waals surface area contributed by atoms with Crippen molar-refractivity contribution < 1.29 is 14.6 Å². The summed E-state index contributed by atoms with van der Waals surface area (Å²) >= 11 is 0. The van der Waals surface area contributed by atoms with Gasteiger partial charge in [-0.3, -0.25) is 14.6 Å². The first kappa shape index (κ1) is 14.4. The maximum absolute atomic E-state index is 10.8. The van der Waals surface area contributed by atoms with E-state index in [4.69, 9.17) is 9.84 Å². The number of rotatable bonds is 7. The minimum atomic E-state index is -0.760. The number of likely N-dealkylation sites (tertiary alicyclic amines) is 1. The van der Waals surface area contributed by atoms with Gasteiger partial charge in [0.25, 0.3) is 0 Å². The highest BCUT2D eigenvalue weighted by molar-refractivity contribution is 5.69. The topological polar surface area (TPSA) is 53.0 Å². The Morgan fingerprint density at radius 3 is 2.76 bits per heavy atom. The lowest BCUT2D eigenvalue weighted by Gasteiger charge is -2.28. The molecule has 5 nitrogen and oxygen atoms in total. The Morgan fingerprint density at radius 1 is 1.59 bits per heavy atom. The van der Waals surface area contributed by atoms with Crippen molar-refractivity contribution in [3.63, 3.8) is 0 Å². The Balaban J connectivity index is 2.49. The van der Waals surface area contributed by atoms with Crippen molar-refractivity contribution >= 4 is 5.97 Å². The number of hydrogen-bond acceptors (Lipinski definition) is 4. The number of methoxy groups -OCH3 is 1. The van der Waals surface area contributed by atoms with Crippen LogP contribution in [0.25, 0.3) is 0 Å². The molecule has 0 aromatic heterocycles. The van der Waals surface area contributed by atoms with Crippen molar-refractivity contribution in [1.82, 2.24) is 9.80 Å². The number of aliphatic carboxylic acids is 1. The molecule has 1 fully saturated rings. The maximum Gasteiger partial charge on any atom is 0.317 e. The van der Waals surface area contributed by atoms with E-state index in [2.05, 4.69) is 18.7 Å². The maximum atomic E-state index is 10.8. The third-order valence-corrected chi connectivity index (χ3v) is 3.36. The van der Waals surface area contributed by atoms with Crippen LogP contribution in [0.5, 0.6) is 0 Å². The zero-order valence-electron chi connectivity index (χ0n) is 11.1. The molecule has 0 aliphatic carbocycles. The number of ether oxygens (including phenoxy) is 1. The fraction of sp³-hybridized carbons (Fsp3) is 0.917. The fourth-order valence-electron chi connectivity index (χ4n) is 2.31. The van der Waals surface area contributed by atoms with E-state index in [1.165, 1.54) is 0 Å². The molecule has 0 aromatic rings. The van der Waals surface area contributed by atoms with Crippen molar-refractivity contribution in [2.24, 2.45) is 0 Å². The molecular formula is C12H24N2O3. The first-order valence-corrected chi connectivity index (χ1v) is 6.23. The van der Waals surface area contributed by atoms with E-state index in [9.17, 15) is 4.79 Å². The molecule has 1 heterocycles. The van der Waals surface area contributed by atoms with Crippen molar-refractivity contribution in [2.75, 3.05) is 39.9 Å². The summed E-state index contributed by atoms with van der Waals surface area (Å²) in [5.74, 6) is -0.760. The summed E-state index contributed by atoms with van der Waals surface area (Å²) in [6.45, 7) is 7.78. The van der Waals surface area contributed by atoms with Crippen LogP contribution in [-0.4, -0.2) is 72.9 Å². The van der Waals surface area contributed by atoms with E-state index in [-0.39, 0.29) is 6.54 Å². The number of nitrogens with zero attached hydrogens (tertiary/aromatic N) is 2. The van der Waals surface area contributed by atoms with Gasteiger partial charge < -0.3 is 9.84 Å². The Morgan fingerprint density at radius 2 is 2.29 bits per heavy atom. The SMILES string of the molecule is COCCN(CC(=O)O)C1CCN(C(C)C)C1. The van der Waals surface area contributed by atoms with Crippen LogP contribution in [0.1, 0.15) is 20.3 Å². The normalized spacial score (nSPS) is 21.6. The van der Waals surface area contributed by atoms with Gasteiger partial charge >= 0.3 is 5.97 Å². The molecule has 0 bridgehead atoms. The number of carboxylic acid groups (broad SMARTS) is 1. The molecule has 0 aromatic carbocycles. The van der Waals surface area contributed by atoms with Gasteiger partial charge in [-0.15, -0.1) is 0 Å². The van der Waals surface area contributed by atoms with Gasteiger partial charge in [0.05, 0.1) is 13.2 Å². The summed E-state index contributed by atoms with van der Waals surface area (Å²) in [6.07, 6.45) is 1.05. The summed E-state index contributed by atoms with van der Waals surface area (Å²) in [5.41, 5.74) is 0. The van der Waals surface area contributed by atoms with Gasteiger partial charge in [-0.1, -0.05) is 0 Å². The Bertz CT molecular complexity index is 246. The van der Waals surface area contributed by atoms with Crippen LogP contribution in [0, 0.1) is 0 Å². The van der Waals surface area contributed by atoms with E-state index in [1.54, 1.807) is 7.11 Å². The quantitative estimate of drug-likeness (QED) is 0.707. The monoisotopic (exact) mass is 244 g/mol. The van der Waals surface area contributed by atoms with Crippen LogP contribution in [0.4, 0.5) is 0 Å². The average molecular weight is 244 g/mol.